The second kappa shape index (κ2) is 14.9. The zero-order valence-corrected chi connectivity index (χ0v) is 25.0. The number of thioether (sulfide) groups is 1. The molecule has 0 spiro atoms. The fourth-order valence-electron chi connectivity index (χ4n) is 5.06. The summed E-state index contributed by atoms with van der Waals surface area (Å²) in [5.74, 6) is -0.436. The number of esters is 1. The Balaban J connectivity index is 1.51. The number of aliphatic hydroxyl groups excluding tert-OH is 1. The van der Waals surface area contributed by atoms with Crippen molar-refractivity contribution in [3.05, 3.63) is 125 Å². The van der Waals surface area contributed by atoms with Gasteiger partial charge in [0.05, 0.1) is 6.10 Å². The fourth-order valence-corrected chi connectivity index (χ4v) is 6.29. The predicted octanol–water partition coefficient (Wildman–Crippen LogP) is 7.73. The summed E-state index contributed by atoms with van der Waals surface area (Å²) in [6.45, 7) is 2.31. The van der Waals surface area contributed by atoms with Crippen LogP contribution in [-0.4, -0.2) is 28.2 Å². The van der Waals surface area contributed by atoms with Crippen LogP contribution in [0.4, 0.5) is 0 Å². The molecule has 1 heterocycles. The molecule has 1 N–H and O–H groups in total. The highest BCUT2D eigenvalue weighted by molar-refractivity contribution is 8.00. The number of fused-ring (bicyclic) bond motifs is 1. The lowest BCUT2D eigenvalue weighted by molar-refractivity contribution is -0.127. The van der Waals surface area contributed by atoms with Gasteiger partial charge in [0.15, 0.2) is 5.78 Å². The van der Waals surface area contributed by atoms with E-state index in [4.69, 9.17) is 14.2 Å². The summed E-state index contributed by atoms with van der Waals surface area (Å²) in [6, 6.07) is 32.4. The maximum atomic E-state index is 13.6. The summed E-state index contributed by atoms with van der Waals surface area (Å²) in [5.41, 5.74) is 2.02. The van der Waals surface area contributed by atoms with Crippen molar-refractivity contribution in [2.75, 3.05) is 0 Å². The molecular weight excluding hydrogens is 560 g/mol. The van der Waals surface area contributed by atoms with Crippen LogP contribution >= 0.6 is 11.8 Å². The number of ether oxygens (including phenoxy) is 3. The molecule has 0 saturated carbocycles. The quantitative estimate of drug-likeness (QED) is 0.209. The van der Waals surface area contributed by atoms with Gasteiger partial charge < -0.3 is 19.3 Å². The molecule has 0 radical (unpaired) electrons. The molecule has 222 valence electrons. The Kier molecular flexibility index (Phi) is 10.5. The van der Waals surface area contributed by atoms with Crippen LogP contribution in [0.3, 0.4) is 0 Å². The number of hydrogen-bond acceptors (Lipinski definition) is 7. The molecule has 0 aliphatic carbocycles. The number of rotatable bonds is 8. The maximum Gasteiger partial charge on any atom is 0.342 e. The minimum Gasteiger partial charge on any atom is -0.489 e. The summed E-state index contributed by atoms with van der Waals surface area (Å²) >= 11 is 1.63. The Hall–Kier alpha value is -4.07. The summed E-state index contributed by atoms with van der Waals surface area (Å²) < 4.78 is 18.2. The topological polar surface area (TPSA) is 82.1 Å². The third-order valence-corrected chi connectivity index (χ3v) is 8.60. The molecule has 4 aromatic rings. The van der Waals surface area contributed by atoms with Crippen LogP contribution in [0, 0.1) is 0 Å². The number of Topliss-reactive ketones (excluding diaryl/α,β-unsaturated/α-hetero) is 1. The number of carbonyl (C=O) groups excluding carboxylic acids is 2. The van der Waals surface area contributed by atoms with Crippen molar-refractivity contribution in [1.82, 2.24) is 0 Å². The van der Waals surface area contributed by atoms with Crippen molar-refractivity contribution in [2.45, 2.75) is 68.2 Å². The number of carbonyl (C=O) groups is 2. The molecule has 0 fully saturated rings. The zero-order chi connectivity index (χ0) is 30.0. The van der Waals surface area contributed by atoms with Crippen molar-refractivity contribution >= 4 is 23.5 Å². The van der Waals surface area contributed by atoms with E-state index in [1.807, 2.05) is 97.9 Å². The van der Waals surface area contributed by atoms with Gasteiger partial charge in [-0.2, -0.15) is 0 Å². The number of benzene rings is 4. The molecule has 5 rings (SSSR count). The molecular formula is C36H36O6S. The van der Waals surface area contributed by atoms with Gasteiger partial charge in [-0.15, -0.1) is 11.8 Å². The SMILES string of the molecule is CC1CCCC(Sc2ccccc2)CC(=O)C(O)c2cc(OCc3ccccc3)cc(OCc3ccccc3)c2C(=O)O1. The van der Waals surface area contributed by atoms with Gasteiger partial charge in [-0.05, 0) is 55.5 Å². The molecule has 4 aromatic carbocycles. The number of ketones is 1. The van der Waals surface area contributed by atoms with Crippen molar-refractivity contribution in [3.63, 3.8) is 0 Å². The summed E-state index contributed by atoms with van der Waals surface area (Å²) in [4.78, 5) is 28.4. The lowest BCUT2D eigenvalue weighted by Gasteiger charge is -2.24. The van der Waals surface area contributed by atoms with E-state index in [1.165, 1.54) is 0 Å². The van der Waals surface area contributed by atoms with Crippen LogP contribution in [0.5, 0.6) is 11.5 Å². The summed E-state index contributed by atoms with van der Waals surface area (Å²) in [7, 11) is 0. The molecule has 6 nitrogen and oxygen atoms in total. The van der Waals surface area contributed by atoms with Gasteiger partial charge in [0.25, 0.3) is 0 Å². The Morgan fingerprint density at radius 1 is 0.814 bits per heavy atom. The van der Waals surface area contributed by atoms with E-state index < -0.39 is 12.1 Å². The average molecular weight is 597 g/mol. The highest BCUT2D eigenvalue weighted by Gasteiger charge is 2.32. The average Bonchev–Trinajstić information content (AvgIpc) is 3.03. The van der Waals surface area contributed by atoms with Gasteiger partial charge in [-0.1, -0.05) is 78.9 Å². The van der Waals surface area contributed by atoms with E-state index in [1.54, 1.807) is 23.9 Å². The number of hydrogen-bond donors (Lipinski definition) is 1. The first kappa shape index (κ1) is 30.4. The lowest BCUT2D eigenvalue weighted by atomic mass is 9.94. The van der Waals surface area contributed by atoms with Gasteiger partial charge in [0, 0.05) is 28.2 Å². The van der Waals surface area contributed by atoms with E-state index in [0.717, 1.165) is 28.9 Å². The fraction of sp³-hybridized carbons (Fsp3) is 0.278. The van der Waals surface area contributed by atoms with Crippen molar-refractivity contribution in [1.29, 1.82) is 0 Å². The lowest BCUT2D eigenvalue weighted by Crippen LogP contribution is -2.24. The molecule has 1 aliphatic rings. The summed E-state index contributed by atoms with van der Waals surface area (Å²) in [6.07, 6.45) is 0.416. The number of aliphatic hydroxyl groups is 1. The van der Waals surface area contributed by atoms with Gasteiger partial charge >= 0.3 is 5.97 Å². The monoisotopic (exact) mass is 596 g/mol. The molecule has 0 bridgehead atoms. The van der Waals surface area contributed by atoms with Crippen LogP contribution in [-0.2, 0) is 22.7 Å². The largest absolute Gasteiger partial charge is 0.489 e. The molecule has 0 amide bonds. The van der Waals surface area contributed by atoms with E-state index in [0.29, 0.717) is 12.2 Å². The van der Waals surface area contributed by atoms with Gasteiger partial charge in [-0.3, -0.25) is 4.79 Å². The molecule has 0 aromatic heterocycles. The third-order valence-electron chi connectivity index (χ3n) is 7.32. The highest BCUT2D eigenvalue weighted by Crippen LogP contribution is 2.37. The van der Waals surface area contributed by atoms with E-state index in [2.05, 4.69) is 0 Å². The smallest absolute Gasteiger partial charge is 0.342 e. The molecule has 1 aliphatic heterocycles. The van der Waals surface area contributed by atoms with Crippen LogP contribution in [0.15, 0.2) is 108 Å². The first-order chi connectivity index (χ1) is 21.0. The second-order valence-electron chi connectivity index (χ2n) is 10.7. The van der Waals surface area contributed by atoms with Crippen molar-refractivity contribution in [2.24, 2.45) is 0 Å². The van der Waals surface area contributed by atoms with Gasteiger partial charge in [0.2, 0.25) is 0 Å². The minimum absolute atomic E-state index is 0.0401. The predicted molar refractivity (Wildman–Crippen MR) is 167 cm³/mol. The Morgan fingerprint density at radius 3 is 2.07 bits per heavy atom. The highest BCUT2D eigenvalue weighted by atomic mass is 32.2. The Labute approximate surface area is 257 Å². The third kappa shape index (κ3) is 8.49. The van der Waals surface area contributed by atoms with Crippen molar-refractivity contribution in [3.8, 4) is 11.5 Å². The van der Waals surface area contributed by atoms with E-state index >= 15 is 0 Å². The molecule has 3 atom stereocenters. The normalized spacial score (nSPS) is 19.3. The zero-order valence-electron chi connectivity index (χ0n) is 24.2. The summed E-state index contributed by atoms with van der Waals surface area (Å²) in [5, 5.41) is 11.5. The second-order valence-corrected chi connectivity index (χ2v) is 12.1. The van der Waals surface area contributed by atoms with E-state index in [9.17, 15) is 14.7 Å². The van der Waals surface area contributed by atoms with Crippen LogP contribution in [0.1, 0.15) is 65.8 Å². The van der Waals surface area contributed by atoms with Gasteiger partial charge in [-0.25, -0.2) is 4.79 Å². The van der Waals surface area contributed by atoms with Crippen LogP contribution in [0.2, 0.25) is 0 Å². The Morgan fingerprint density at radius 2 is 1.42 bits per heavy atom. The minimum atomic E-state index is -1.56. The van der Waals surface area contributed by atoms with E-state index in [-0.39, 0.29) is 53.6 Å². The maximum absolute atomic E-state index is 13.6. The van der Waals surface area contributed by atoms with Crippen molar-refractivity contribution < 1.29 is 28.9 Å². The number of cyclic esters (lactones) is 1. The molecule has 3 unspecified atom stereocenters. The van der Waals surface area contributed by atoms with Gasteiger partial charge in [0.1, 0.15) is 36.4 Å². The first-order valence-electron chi connectivity index (χ1n) is 14.6. The standard InChI is InChI=1S/C36H36O6S/c1-25-12-11-19-30(43-29-17-9-4-10-18-29)22-32(37)35(38)31-20-28(40-23-26-13-5-2-6-14-26)21-33(34(31)36(39)42-25)41-24-27-15-7-3-8-16-27/h2-10,13-18,20-21,25,30,35,38H,11-12,19,22-24H2,1H3. The Bertz CT molecular complexity index is 1490. The first-order valence-corrected chi connectivity index (χ1v) is 15.5. The molecule has 0 saturated heterocycles. The molecule has 43 heavy (non-hydrogen) atoms. The molecule has 7 heteroatoms. The van der Waals surface area contributed by atoms with Crippen LogP contribution < -0.4 is 9.47 Å². The van der Waals surface area contributed by atoms with Crippen LogP contribution in [0.25, 0.3) is 0 Å².